The minimum absolute atomic E-state index is 0.0727. The lowest BCUT2D eigenvalue weighted by Gasteiger charge is -2.05. The molecule has 0 spiro atoms. The van der Waals surface area contributed by atoms with Crippen molar-refractivity contribution in [3.8, 4) is 5.88 Å². The van der Waals surface area contributed by atoms with Crippen LogP contribution in [0.25, 0.3) is 0 Å². The van der Waals surface area contributed by atoms with Gasteiger partial charge in [0.05, 0.1) is 7.11 Å². The van der Waals surface area contributed by atoms with Gasteiger partial charge in [-0.3, -0.25) is 4.79 Å². The zero-order valence-electron chi connectivity index (χ0n) is 13.3. The maximum absolute atomic E-state index is 12.4. The third-order valence-corrected chi connectivity index (χ3v) is 3.70. The molecule has 0 aliphatic heterocycles. The molecule has 0 aliphatic carbocycles. The predicted octanol–water partition coefficient (Wildman–Crippen LogP) is 4.44. The zero-order valence-corrected chi connectivity index (χ0v) is 13.3. The summed E-state index contributed by atoms with van der Waals surface area (Å²) in [5, 5.41) is 0. The third kappa shape index (κ3) is 4.42. The van der Waals surface area contributed by atoms with Crippen LogP contribution < -0.4 is 4.74 Å². The minimum Gasteiger partial charge on any atom is -0.481 e. The van der Waals surface area contributed by atoms with Gasteiger partial charge in [0.2, 0.25) is 11.7 Å². The molecule has 1 aromatic carbocycles. The molecule has 1 heterocycles. The van der Waals surface area contributed by atoms with Crippen LogP contribution in [-0.4, -0.2) is 17.9 Å². The van der Waals surface area contributed by atoms with Gasteiger partial charge in [0, 0.05) is 11.6 Å². The van der Waals surface area contributed by atoms with Crippen LogP contribution in [0, 0.1) is 0 Å². The SMILES string of the molecule is CCCCCCc1ccc(C(=O)c2cccc(OC)n2)cc1. The van der Waals surface area contributed by atoms with Crippen LogP contribution in [0.2, 0.25) is 0 Å². The normalized spacial score (nSPS) is 10.5. The van der Waals surface area contributed by atoms with E-state index in [-0.39, 0.29) is 5.78 Å². The number of unbranched alkanes of at least 4 members (excludes halogenated alkanes) is 3. The van der Waals surface area contributed by atoms with Gasteiger partial charge in [-0.25, -0.2) is 4.98 Å². The van der Waals surface area contributed by atoms with E-state index in [1.54, 1.807) is 25.3 Å². The fourth-order valence-electron chi connectivity index (χ4n) is 2.38. The quantitative estimate of drug-likeness (QED) is 0.534. The molecule has 3 heteroatoms. The second-order valence-corrected chi connectivity index (χ2v) is 5.40. The molecule has 116 valence electrons. The van der Waals surface area contributed by atoms with Gasteiger partial charge >= 0.3 is 0 Å². The lowest BCUT2D eigenvalue weighted by molar-refractivity contribution is 0.103. The highest BCUT2D eigenvalue weighted by atomic mass is 16.5. The van der Waals surface area contributed by atoms with E-state index in [4.69, 9.17) is 4.74 Å². The van der Waals surface area contributed by atoms with Crippen molar-refractivity contribution >= 4 is 5.78 Å². The van der Waals surface area contributed by atoms with Crippen molar-refractivity contribution in [2.24, 2.45) is 0 Å². The number of ketones is 1. The maximum Gasteiger partial charge on any atom is 0.213 e. The summed E-state index contributed by atoms with van der Waals surface area (Å²) in [5.74, 6) is 0.384. The number of methoxy groups -OCH3 is 1. The van der Waals surface area contributed by atoms with E-state index in [0.717, 1.165) is 6.42 Å². The number of hydrogen-bond acceptors (Lipinski definition) is 3. The molecule has 22 heavy (non-hydrogen) atoms. The standard InChI is InChI=1S/C19H23NO2/c1-3-4-5-6-8-15-11-13-16(14-12-15)19(21)17-9-7-10-18(20-17)22-2/h7,9-14H,3-6,8H2,1-2H3. The summed E-state index contributed by atoms with van der Waals surface area (Å²) in [6.45, 7) is 2.22. The molecule has 0 bridgehead atoms. The summed E-state index contributed by atoms with van der Waals surface area (Å²) >= 11 is 0. The van der Waals surface area contributed by atoms with Crippen LogP contribution in [0.1, 0.15) is 54.2 Å². The van der Waals surface area contributed by atoms with Gasteiger partial charge in [0.15, 0.2) is 0 Å². The van der Waals surface area contributed by atoms with E-state index < -0.39 is 0 Å². The third-order valence-electron chi connectivity index (χ3n) is 3.70. The maximum atomic E-state index is 12.4. The van der Waals surface area contributed by atoms with Gasteiger partial charge in [-0.1, -0.05) is 56.5 Å². The molecule has 0 saturated heterocycles. The number of carbonyl (C=O) groups excluding carboxylic acids is 1. The molecule has 0 fully saturated rings. The van der Waals surface area contributed by atoms with Gasteiger partial charge in [-0.15, -0.1) is 0 Å². The number of rotatable bonds is 8. The Morgan fingerprint density at radius 1 is 1.05 bits per heavy atom. The lowest BCUT2D eigenvalue weighted by atomic mass is 10.0. The van der Waals surface area contributed by atoms with Crippen LogP contribution in [0.15, 0.2) is 42.5 Å². The highest BCUT2D eigenvalue weighted by molar-refractivity contribution is 6.07. The number of carbonyl (C=O) groups is 1. The van der Waals surface area contributed by atoms with E-state index in [1.165, 1.54) is 31.2 Å². The second kappa shape index (κ2) is 8.32. The predicted molar refractivity (Wildman–Crippen MR) is 88.5 cm³/mol. The number of aromatic nitrogens is 1. The van der Waals surface area contributed by atoms with Gasteiger partial charge in [-0.05, 0) is 24.5 Å². The summed E-state index contributed by atoms with van der Waals surface area (Å²) in [6.07, 6.45) is 6.09. The Hall–Kier alpha value is -2.16. The molecule has 2 rings (SSSR count). The fourth-order valence-corrected chi connectivity index (χ4v) is 2.38. The molecule has 1 aromatic heterocycles. The highest BCUT2D eigenvalue weighted by Crippen LogP contribution is 2.14. The Kier molecular flexibility index (Phi) is 6.13. The van der Waals surface area contributed by atoms with Crippen LogP contribution in [0.4, 0.5) is 0 Å². The molecular formula is C19H23NO2. The van der Waals surface area contributed by atoms with E-state index in [2.05, 4.69) is 11.9 Å². The van der Waals surface area contributed by atoms with Crippen LogP contribution in [-0.2, 0) is 6.42 Å². The Morgan fingerprint density at radius 2 is 1.82 bits per heavy atom. The highest BCUT2D eigenvalue weighted by Gasteiger charge is 2.11. The van der Waals surface area contributed by atoms with Gasteiger partial charge in [0.1, 0.15) is 5.69 Å². The average molecular weight is 297 g/mol. The van der Waals surface area contributed by atoms with E-state index in [0.29, 0.717) is 17.1 Å². The number of hydrogen-bond donors (Lipinski definition) is 0. The van der Waals surface area contributed by atoms with E-state index in [9.17, 15) is 4.79 Å². The molecule has 0 atom stereocenters. The molecule has 0 saturated carbocycles. The number of benzene rings is 1. The van der Waals surface area contributed by atoms with Crippen LogP contribution >= 0.6 is 0 Å². The van der Waals surface area contributed by atoms with Crippen molar-refractivity contribution in [2.75, 3.05) is 7.11 Å². The van der Waals surface area contributed by atoms with Crippen LogP contribution in [0.3, 0.4) is 0 Å². The molecule has 0 amide bonds. The summed E-state index contributed by atoms with van der Waals surface area (Å²) in [5.41, 5.74) is 2.36. The van der Waals surface area contributed by atoms with Crippen molar-refractivity contribution in [3.05, 3.63) is 59.3 Å². The number of ether oxygens (including phenoxy) is 1. The molecule has 3 nitrogen and oxygen atoms in total. The molecule has 0 aliphatic rings. The van der Waals surface area contributed by atoms with Crippen molar-refractivity contribution in [2.45, 2.75) is 39.0 Å². The first-order valence-corrected chi connectivity index (χ1v) is 7.89. The fraction of sp³-hybridized carbons (Fsp3) is 0.368. The lowest BCUT2D eigenvalue weighted by Crippen LogP contribution is -2.05. The summed E-state index contributed by atoms with van der Waals surface area (Å²) in [7, 11) is 1.55. The van der Waals surface area contributed by atoms with Crippen molar-refractivity contribution in [3.63, 3.8) is 0 Å². The first-order valence-electron chi connectivity index (χ1n) is 7.89. The molecule has 0 unspecified atom stereocenters. The van der Waals surface area contributed by atoms with Crippen molar-refractivity contribution in [1.29, 1.82) is 0 Å². The Labute approximate surface area is 132 Å². The Bertz CT molecular complexity index is 605. The number of pyridine rings is 1. The number of nitrogens with zero attached hydrogens (tertiary/aromatic N) is 1. The van der Waals surface area contributed by atoms with Gasteiger partial charge in [-0.2, -0.15) is 0 Å². The minimum atomic E-state index is -0.0727. The zero-order chi connectivity index (χ0) is 15.8. The van der Waals surface area contributed by atoms with Crippen LogP contribution in [0.5, 0.6) is 5.88 Å². The largest absolute Gasteiger partial charge is 0.481 e. The van der Waals surface area contributed by atoms with Crippen molar-refractivity contribution in [1.82, 2.24) is 4.98 Å². The molecule has 0 radical (unpaired) electrons. The Balaban J connectivity index is 2.01. The smallest absolute Gasteiger partial charge is 0.213 e. The van der Waals surface area contributed by atoms with E-state index >= 15 is 0 Å². The molecule has 2 aromatic rings. The van der Waals surface area contributed by atoms with Crippen molar-refractivity contribution < 1.29 is 9.53 Å². The first kappa shape index (κ1) is 16.2. The molecular weight excluding hydrogens is 274 g/mol. The summed E-state index contributed by atoms with van der Waals surface area (Å²) < 4.78 is 5.06. The topological polar surface area (TPSA) is 39.2 Å². The number of aryl methyl sites for hydroxylation is 1. The average Bonchev–Trinajstić information content (AvgIpc) is 2.59. The monoisotopic (exact) mass is 297 g/mol. The van der Waals surface area contributed by atoms with Gasteiger partial charge in [0.25, 0.3) is 0 Å². The summed E-state index contributed by atoms with van der Waals surface area (Å²) in [4.78, 5) is 16.6. The Morgan fingerprint density at radius 3 is 2.50 bits per heavy atom. The first-order chi connectivity index (χ1) is 10.7. The summed E-state index contributed by atoms with van der Waals surface area (Å²) in [6, 6.07) is 13.1. The van der Waals surface area contributed by atoms with Gasteiger partial charge < -0.3 is 4.74 Å². The molecule has 0 N–H and O–H groups in total. The van der Waals surface area contributed by atoms with E-state index in [1.807, 2.05) is 24.3 Å². The second-order valence-electron chi connectivity index (χ2n) is 5.40.